The molecule has 0 aromatic heterocycles. The quantitative estimate of drug-likeness (QED) is 0.792. The average molecular weight is 259 g/mol. The van der Waals surface area contributed by atoms with Crippen LogP contribution in [0.4, 0.5) is 0 Å². The summed E-state index contributed by atoms with van der Waals surface area (Å²) in [5, 5.41) is 3.58. The van der Waals surface area contributed by atoms with Gasteiger partial charge in [-0.15, -0.1) is 0 Å². The molecule has 0 saturated heterocycles. The molecule has 0 amide bonds. The van der Waals surface area contributed by atoms with E-state index in [-0.39, 0.29) is 0 Å². The van der Waals surface area contributed by atoms with Gasteiger partial charge in [-0.25, -0.2) is 0 Å². The monoisotopic (exact) mass is 259 g/mol. The summed E-state index contributed by atoms with van der Waals surface area (Å²) in [6.07, 6.45) is 7.89. The van der Waals surface area contributed by atoms with E-state index in [1.54, 1.807) is 11.1 Å². The zero-order valence-corrected chi connectivity index (χ0v) is 12.8. The van der Waals surface area contributed by atoms with E-state index < -0.39 is 0 Å². The molecular weight excluding hydrogens is 230 g/mol. The third-order valence-electron chi connectivity index (χ3n) is 5.02. The predicted octanol–water partition coefficient (Wildman–Crippen LogP) is 4.52. The topological polar surface area (TPSA) is 12.0 Å². The van der Waals surface area contributed by atoms with E-state index in [9.17, 15) is 0 Å². The maximum absolute atomic E-state index is 3.58. The summed E-state index contributed by atoms with van der Waals surface area (Å²) in [6.45, 7) is 4.65. The van der Waals surface area contributed by atoms with Crippen molar-refractivity contribution in [2.75, 3.05) is 7.05 Å². The molecule has 1 aromatic rings. The van der Waals surface area contributed by atoms with Crippen molar-refractivity contribution in [1.82, 2.24) is 5.32 Å². The Balaban J connectivity index is 2.10. The van der Waals surface area contributed by atoms with Gasteiger partial charge in [0.1, 0.15) is 0 Å². The first kappa shape index (κ1) is 14.6. The van der Waals surface area contributed by atoms with Crippen LogP contribution in [-0.2, 0) is 6.42 Å². The van der Waals surface area contributed by atoms with Crippen LogP contribution in [0.25, 0.3) is 0 Å². The molecule has 0 aliphatic heterocycles. The third kappa shape index (κ3) is 3.39. The van der Waals surface area contributed by atoms with Crippen molar-refractivity contribution < 1.29 is 0 Å². The molecule has 0 fully saturated rings. The molecule has 0 saturated carbocycles. The highest BCUT2D eigenvalue weighted by molar-refractivity contribution is 5.32. The van der Waals surface area contributed by atoms with E-state index in [0.29, 0.717) is 6.04 Å². The van der Waals surface area contributed by atoms with Crippen LogP contribution in [-0.4, -0.2) is 13.1 Å². The van der Waals surface area contributed by atoms with Crippen molar-refractivity contribution in [3.05, 3.63) is 35.4 Å². The van der Waals surface area contributed by atoms with E-state index in [4.69, 9.17) is 0 Å². The minimum absolute atomic E-state index is 0.672. The van der Waals surface area contributed by atoms with Gasteiger partial charge in [0, 0.05) is 6.04 Å². The van der Waals surface area contributed by atoms with Crippen molar-refractivity contribution in [2.24, 2.45) is 5.92 Å². The van der Waals surface area contributed by atoms with Gasteiger partial charge in [0.25, 0.3) is 0 Å². The maximum Gasteiger partial charge on any atom is 0.00979 e. The Bertz CT molecular complexity index is 381. The van der Waals surface area contributed by atoms with Crippen LogP contribution in [0.5, 0.6) is 0 Å². The molecule has 1 nitrogen and oxygen atoms in total. The Morgan fingerprint density at radius 3 is 2.63 bits per heavy atom. The minimum Gasteiger partial charge on any atom is -0.317 e. The fourth-order valence-electron chi connectivity index (χ4n) is 3.81. The van der Waals surface area contributed by atoms with Crippen LogP contribution in [0, 0.1) is 5.92 Å². The van der Waals surface area contributed by atoms with Crippen molar-refractivity contribution >= 4 is 0 Å². The predicted molar refractivity (Wildman–Crippen MR) is 83.7 cm³/mol. The molecule has 0 heterocycles. The molecule has 1 aromatic carbocycles. The molecule has 1 aliphatic rings. The lowest BCUT2D eigenvalue weighted by molar-refractivity contribution is 0.306. The summed E-state index contributed by atoms with van der Waals surface area (Å²) >= 11 is 0. The normalized spacial score (nSPS) is 20.3. The molecule has 0 spiro atoms. The smallest absolute Gasteiger partial charge is 0.00979 e. The molecular formula is C18H29N. The van der Waals surface area contributed by atoms with Crippen LogP contribution in [0.1, 0.15) is 63.0 Å². The van der Waals surface area contributed by atoms with Gasteiger partial charge < -0.3 is 5.32 Å². The van der Waals surface area contributed by atoms with Gasteiger partial charge in [-0.05, 0) is 55.7 Å². The molecule has 1 aliphatic carbocycles. The van der Waals surface area contributed by atoms with Gasteiger partial charge >= 0.3 is 0 Å². The highest BCUT2D eigenvalue weighted by Gasteiger charge is 2.25. The second-order valence-corrected chi connectivity index (χ2v) is 6.00. The summed E-state index contributed by atoms with van der Waals surface area (Å²) < 4.78 is 0. The number of nitrogens with one attached hydrogen (secondary N) is 1. The van der Waals surface area contributed by atoms with Crippen molar-refractivity contribution in [3.63, 3.8) is 0 Å². The standard InChI is InChI=1S/C18H29N/c1-4-14(5-2)18(19-3)13-16-11-8-10-15-9-6-7-12-17(15)16/h6-7,9,12,14,16,18-19H,4-5,8,10-11,13H2,1-3H3. The van der Waals surface area contributed by atoms with Crippen LogP contribution in [0.15, 0.2) is 24.3 Å². The molecule has 1 N–H and O–H groups in total. The zero-order chi connectivity index (χ0) is 13.7. The number of hydrogen-bond donors (Lipinski definition) is 1. The van der Waals surface area contributed by atoms with Crippen LogP contribution in [0.3, 0.4) is 0 Å². The first-order chi connectivity index (χ1) is 9.30. The first-order valence-corrected chi connectivity index (χ1v) is 8.05. The van der Waals surface area contributed by atoms with Crippen molar-refractivity contribution in [2.45, 2.75) is 64.3 Å². The largest absolute Gasteiger partial charge is 0.317 e. The lowest BCUT2D eigenvalue weighted by Crippen LogP contribution is -2.35. The van der Waals surface area contributed by atoms with Crippen LogP contribution in [0.2, 0.25) is 0 Å². The fourth-order valence-corrected chi connectivity index (χ4v) is 3.81. The summed E-state index contributed by atoms with van der Waals surface area (Å²) in [6, 6.07) is 9.76. The van der Waals surface area contributed by atoms with Gasteiger partial charge in [-0.3, -0.25) is 0 Å². The Morgan fingerprint density at radius 1 is 1.21 bits per heavy atom. The lowest BCUT2D eigenvalue weighted by Gasteiger charge is -2.32. The molecule has 0 bridgehead atoms. The Kier molecular flexibility index (Phi) is 5.45. The van der Waals surface area contributed by atoms with Gasteiger partial charge in [-0.1, -0.05) is 51.0 Å². The number of aryl methyl sites for hydroxylation is 1. The van der Waals surface area contributed by atoms with Crippen LogP contribution < -0.4 is 5.32 Å². The second-order valence-electron chi connectivity index (χ2n) is 6.00. The van der Waals surface area contributed by atoms with Crippen LogP contribution >= 0.6 is 0 Å². The van der Waals surface area contributed by atoms with Gasteiger partial charge in [-0.2, -0.15) is 0 Å². The summed E-state index contributed by atoms with van der Waals surface area (Å²) in [5.41, 5.74) is 3.22. The summed E-state index contributed by atoms with van der Waals surface area (Å²) in [7, 11) is 2.14. The number of hydrogen-bond acceptors (Lipinski definition) is 1. The number of benzene rings is 1. The minimum atomic E-state index is 0.672. The van der Waals surface area contributed by atoms with E-state index in [2.05, 4.69) is 50.5 Å². The van der Waals surface area contributed by atoms with E-state index in [1.807, 2.05) is 0 Å². The number of fused-ring (bicyclic) bond motifs is 1. The second kappa shape index (κ2) is 7.09. The molecule has 0 radical (unpaired) electrons. The Labute approximate surface area is 118 Å². The average Bonchev–Trinajstić information content (AvgIpc) is 2.47. The summed E-state index contributed by atoms with van der Waals surface area (Å²) in [5.74, 6) is 1.59. The van der Waals surface area contributed by atoms with E-state index in [0.717, 1.165) is 11.8 Å². The molecule has 106 valence electrons. The Morgan fingerprint density at radius 2 is 1.95 bits per heavy atom. The molecule has 2 atom stereocenters. The van der Waals surface area contributed by atoms with Gasteiger partial charge in [0.15, 0.2) is 0 Å². The zero-order valence-electron chi connectivity index (χ0n) is 12.8. The van der Waals surface area contributed by atoms with E-state index in [1.165, 1.54) is 38.5 Å². The van der Waals surface area contributed by atoms with Gasteiger partial charge in [0.2, 0.25) is 0 Å². The lowest BCUT2D eigenvalue weighted by atomic mass is 9.77. The Hall–Kier alpha value is -0.820. The molecule has 19 heavy (non-hydrogen) atoms. The SMILES string of the molecule is CCC(CC)C(CC1CCCc2ccccc21)NC. The van der Waals surface area contributed by atoms with Gasteiger partial charge in [0.05, 0.1) is 0 Å². The maximum atomic E-state index is 3.58. The van der Waals surface area contributed by atoms with Crippen molar-refractivity contribution in [3.8, 4) is 0 Å². The van der Waals surface area contributed by atoms with E-state index >= 15 is 0 Å². The molecule has 2 unspecified atom stereocenters. The first-order valence-electron chi connectivity index (χ1n) is 8.05. The highest BCUT2D eigenvalue weighted by Crippen LogP contribution is 2.36. The summed E-state index contributed by atoms with van der Waals surface area (Å²) in [4.78, 5) is 0. The third-order valence-corrected chi connectivity index (χ3v) is 5.02. The fraction of sp³-hybridized carbons (Fsp3) is 0.667. The molecule has 1 heteroatoms. The molecule has 2 rings (SSSR count). The highest BCUT2D eigenvalue weighted by atomic mass is 14.9. The number of rotatable bonds is 6. The van der Waals surface area contributed by atoms with Crippen molar-refractivity contribution in [1.29, 1.82) is 0 Å².